The van der Waals surface area contributed by atoms with Gasteiger partial charge in [0.05, 0.1) is 29.1 Å². The van der Waals surface area contributed by atoms with Crippen LogP contribution in [0.1, 0.15) is 41.0 Å². The molecule has 0 aliphatic carbocycles. The molecule has 2 atom stereocenters. The minimum Gasteiger partial charge on any atom is -0.372 e. The predicted octanol–water partition coefficient (Wildman–Crippen LogP) is 3.39. The Labute approximate surface area is 157 Å². The quantitative estimate of drug-likeness (QED) is 0.868. The van der Waals surface area contributed by atoms with E-state index in [2.05, 4.69) is 10.3 Å². The number of hydrogen-bond acceptors (Lipinski definition) is 5. The summed E-state index contributed by atoms with van der Waals surface area (Å²) in [5.41, 5.74) is 1.31. The number of hydrogen-bond donors (Lipinski definition) is 1. The second-order valence-electron chi connectivity index (χ2n) is 6.60. The van der Waals surface area contributed by atoms with Gasteiger partial charge in [-0.05, 0) is 38.0 Å². The van der Waals surface area contributed by atoms with Crippen LogP contribution < -0.4 is 10.2 Å². The molecule has 3 rings (SSSR count). The molecule has 0 saturated carbocycles. The number of carbonyl (C=O) groups excluding carboxylic acids is 1. The molecule has 2 unspecified atom stereocenters. The van der Waals surface area contributed by atoms with Crippen molar-refractivity contribution in [2.45, 2.75) is 45.9 Å². The molecule has 1 aromatic heterocycles. The summed E-state index contributed by atoms with van der Waals surface area (Å²) in [5.74, 6) is -0.452. The highest BCUT2D eigenvalue weighted by molar-refractivity contribution is 7.13. The number of morpholine rings is 1. The second kappa shape index (κ2) is 8.14. The Morgan fingerprint density at radius 1 is 1.38 bits per heavy atom. The van der Waals surface area contributed by atoms with Crippen LogP contribution in [0.2, 0.25) is 0 Å². The third-order valence-electron chi connectivity index (χ3n) is 4.31. The summed E-state index contributed by atoms with van der Waals surface area (Å²) in [6.45, 7) is 7.61. The zero-order valence-electron chi connectivity index (χ0n) is 15.3. The number of anilines is 1. The summed E-state index contributed by atoms with van der Waals surface area (Å²) in [6, 6.07) is 5.13. The van der Waals surface area contributed by atoms with Gasteiger partial charge in [0.1, 0.15) is 10.7 Å². The molecule has 1 aliphatic heterocycles. The SMILES string of the molecule is CCc1ncc(C(=O)NCc2ccc(N3CC(C)OC(C)C3)c(F)c2)s1. The van der Waals surface area contributed by atoms with Crippen LogP contribution in [-0.2, 0) is 17.7 Å². The van der Waals surface area contributed by atoms with E-state index in [4.69, 9.17) is 4.74 Å². The van der Waals surface area contributed by atoms with Gasteiger partial charge < -0.3 is 15.0 Å². The van der Waals surface area contributed by atoms with Crippen molar-refractivity contribution in [2.24, 2.45) is 0 Å². The molecular weight excluding hydrogens is 353 g/mol. The first-order chi connectivity index (χ1) is 12.5. The fraction of sp³-hybridized carbons (Fsp3) is 0.474. The summed E-state index contributed by atoms with van der Waals surface area (Å²) in [5, 5.41) is 3.75. The Hall–Kier alpha value is -1.99. The number of aryl methyl sites for hydroxylation is 1. The maximum Gasteiger partial charge on any atom is 0.263 e. The Morgan fingerprint density at radius 3 is 2.73 bits per heavy atom. The Kier molecular flexibility index (Phi) is 5.88. The smallest absolute Gasteiger partial charge is 0.263 e. The fourth-order valence-electron chi connectivity index (χ4n) is 3.14. The molecule has 7 heteroatoms. The van der Waals surface area contributed by atoms with Crippen molar-refractivity contribution in [1.82, 2.24) is 10.3 Å². The molecule has 5 nitrogen and oxygen atoms in total. The number of nitrogens with zero attached hydrogens (tertiary/aromatic N) is 2. The molecule has 1 amide bonds. The van der Waals surface area contributed by atoms with E-state index in [1.807, 2.05) is 31.7 Å². The molecule has 140 valence electrons. The van der Waals surface area contributed by atoms with E-state index < -0.39 is 0 Å². The summed E-state index contributed by atoms with van der Waals surface area (Å²) in [4.78, 5) is 18.9. The molecule has 1 N–H and O–H groups in total. The van der Waals surface area contributed by atoms with Crippen molar-refractivity contribution in [3.63, 3.8) is 0 Å². The van der Waals surface area contributed by atoms with Crippen LogP contribution >= 0.6 is 11.3 Å². The lowest BCUT2D eigenvalue weighted by molar-refractivity contribution is -0.00539. The third kappa shape index (κ3) is 4.40. The minimum atomic E-state index is -0.274. The van der Waals surface area contributed by atoms with Crippen LogP contribution in [-0.4, -0.2) is 36.2 Å². The highest BCUT2D eigenvalue weighted by atomic mass is 32.1. The van der Waals surface area contributed by atoms with E-state index in [0.717, 1.165) is 17.0 Å². The summed E-state index contributed by atoms with van der Waals surface area (Å²) < 4.78 is 20.3. The predicted molar refractivity (Wildman–Crippen MR) is 101 cm³/mol. The molecule has 0 radical (unpaired) electrons. The highest BCUT2D eigenvalue weighted by Crippen LogP contribution is 2.24. The van der Waals surface area contributed by atoms with Crippen LogP contribution in [0.15, 0.2) is 24.4 Å². The number of halogens is 1. The lowest BCUT2D eigenvalue weighted by Crippen LogP contribution is -2.45. The standard InChI is InChI=1S/C19H24FN3O2S/c1-4-18-21-9-17(26-18)19(24)22-8-14-5-6-16(15(20)7-14)23-10-12(2)25-13(3)11-23/h5-7,9,12-13H,4,8,10-11H2,1-3H3,(H,22,24). The molecular formula is C19H24FN3O2S. The Bertz CT molecular complexity index is 770. The largest absolute Gasteiger partial charge is 0.372 e. The van der Waals surface area contributed by atoms with E-state index in [-0.39, 0.29) is 30.5 Å². The van der Waals surface area contributed by atoms with Crippen molar-refractivity contribution in [1.29, 1.82) is 0 Å². The van der Waals surface area contributed by atoms with E-state index >= 15 is 0 Å². The van der Waals surface area contributed by atoms with Gasteiger partial charge in [-0.2, -0.15) is 0 Å². The number of ether oxygens (including phenoxy) is 1. The van der Waals surface area contributed by atoms with Gasteiger partial charge in [0.15, 0.2) is 0 Å². The summed E-state index contributed by atoms with van der Waals surface area (Å²) >= 11 is 1.39. The van der Waals surface area contributed by atoms with Gasteiger partial charge >= 0.3 is 0 Å². The lowest BCUT2D eigenvalue weighted by atomic mass is 10.1. The normalized spacial score (nSPS) is 20.2. The maximum absolute atomic E-state index is 14.6. The lowest BCUT2D eigenvalue weighted by Gasteiger charge is -2.37. The van der Waals surface area contributed by atoms with Crippen LogP contribution in [0.25, 0.3) is 0 Å². The minimum absolute atomic E-state index is 0.0736. The number of carbonyl (C=O) groups is 1. The zero-order chi connectivity index (χ0) is 18.7. The maximum atomic E-state index is 14.6. The third-order valence-corrected chi connectivity index (χ3v) is 5.45. The Morgan fingerprint density at radius 2 is 2.12 bits per heavy atom. The molecule has 1 fully saturated rings. The number of benzene rings is 1. The number of thiazole rings is 1. The van der Waals surface area contributed by atoms with Gasteiger partial charge in [0, 0.05) is 19.6 Å². The van der Waals surface area contributed by atoms with E-state index in [0.29, 0.717) is 23.7 Å². The fourth-order valence-corrected chi connectivity index (χ4v) is 3.91. The number of aromatic nitrogens is 1. The van der Waals surface area contributed by atoms with Crippen LogP contribution in [0.5, 0.6) is 0 Å². The number of nitrogens with one attached hydrogen (secondary N) is 1. The monoisotopic (exact) mass is 377 g/mol. The van der Waals surface area contributed by atoms with Crippen molar-refractivity contribution < 1.29 is 13.9 Å². The highest BCUT2D eigenvalue weighted by Gasteiger charge is 2.24. The zero-order valence-corrected chi connectivity index (χ0v) is 16.1. The molecule has 0 spiro atoms. The van der Waals surface area contributed by atoms with Crippen molar-refractivity contribution in [2.75, 3.05) is 18.0 Å². The van der Waals surface area contributed by atoms with Gasteiger partial charge in [0.2, 0.25) is 0 Å². The van der Waals surface area contributed by atoms with Crippen molar-refractivity contribution >= 4 is 22.9 Å². The van der Waals surface area contributed by atoms with E-state index in [1.54, 1.807) is 12.3 Å². The first kappa shape index (κ1) is 18.8. The number of amides is 1. The van der Waals surface area contributed by atoms with Crippen LogP contribution in [0, 0.1) is 5.82 Å². The van der Waals surface area contributed by atoms with Crippen molar-refractivity contribution in [3.05, 3.63) is 45.7 Å². The van der Waals surface area contributed by atoms with E-state index in [1.165, 1.54) is 17.4 Å². The first-order valence-electron chi connectivity index (χ1n) is 8.88. The average molecular weight is 377 g/mol. The molecule has 0 bridgehead atoms. The van der Waals surface area contributed by atoms with Crippen LogP contribution in [0.3, 0.4) is 0 Å². The van der Waals surface area contributed by atoms with Gasteiger partial charge in [0.25, 0.3) is 5.91 Å². The Balaban J connectivity index is 1.63. The molecule has 2 heterocycles. The van der Waals surface area contributed by atoms with Gasteiger partial charge in [-0.25, -0.2) is 9.37 Å². The van der Waals surface area contributed by atoms with Crippen LogP contribution in [0.4, 0.5) is 10.1 Å². The summed E-state index contributed by atoms with van der Waals surface area (Å²) in [6.07, 6.45) is 2.54. The number of rotatable bonds is 5. The van der Waals surface area contributed by atoms with Gasteiger partial charge in [-0.1, -0.05) is 13.0 Å². The molecule has 1 saturated heterocycles. The molecule has 2 aromatic rings. The van der Waals surface area contributed by atoms with E-state index in [9.17, 15) is 9.18 Å². The van der Waals surface area contributed by atoms with Gasteiger partial charge in [-0.3, -0.25) is 4.79 Å². The first-order valence-corrected chi connectivity index (χ1v) is 9.69. The molecule has 26 heavy (non-hydrogen) atoms. The second-order valence-corrected chi connectivity index (χ2v) is 7.72. The van der Waals surface area contributed by atoms with Gasteiger partial charge in [-0.15, -0.1) is 11.3 Å². The average Bonchev–Trinajstić information content (AvgIpc) is 3.08. The van der Waals surface area contributed by atoms with Crippen molar-refractivity contribution in [3.8, 4) is 0 Å². The topological polar surface area (TPSA) is 54.5 Å². The summed E-state index contributed by atoms with van der Waals surface area (Å²) in [7, 11) is 0. The molecule has 1 aromatic carbocycles. The molecule has 1 aliphatic rings.